The van der Waals surface area contributed by atoms with Gasteiger partial charge in [-0.15, -0.1) is 0 Å². The van der Waals surface area contributed by atoms with Gasteiger partial charge < -0.3 is 15.2 Å². The molecule has 1 rings (SSSR count). The van der Waals surface area contributed by atoms with Crippen LogP contribution in [0, 0.1) is 6.92 Å². The van der Waals surface area contributed by atoms with E-state index in [4.69, 9.17) is 4.74 Å². The lowest BCUT2D eigenvalue weighted by Gasteiger charge is -2.14. The highest BCUT2D eigenvalue weighted by Crippen LogP contribution is 2.20. The fourth-order valence-electron chi connectivity index (χ4n) is 1.71. The van der Waals surface area contributed by atoms with E-state index >= 15 is 0 Å². The molecule has 3 N–H and O–H groups in total. The summed E-state index contributed by atoms with van der Waals surface area (Å²) < 4.78 is 31.5. The quantitative estimate of drug-likeness (QED) is 0.668. The summed E-state index contributed by atoms with van der Waals surface area (Å²) in [5, 5.41) is 12.0. The molecule has 0 aromatic heterocycles. The number of aliphatic hydroxyl groups excluding tert-OH is 1. The molecule has 1 atom stereocenters. The normalized spacial score (nSPS) is 13.0. The number of sulfonamides is 1. The second-order valence-corrected chi connectivity index (χ2v) is 6.36. The van der Waals surface area contributed by atoms with Crippen LogP contribution in [0.3, 0.4) is 0 Å². The zero-order valence-corrected chi connectivity index (χ0v) is 13.0. The lowest BCUT2D eigenvalue weighted by molar-refractivity contribution is -0.114. The summed E-state index contributed by atoms with van der Waals surface area (Å²) in [7, 11) is -2.36. The van der Waals surface area contributed by atoms with Crippen molar-refractivity contribution in [3.63, 3.8) is 0 Å². The molecule has 0 radical (unpaired) electrons. The van der Waals surface area contributed by atoms with Gasteiger partial charge in [-0.3, -0.25) is 4.79 Å². The fraction of sp³-hybridized carbons (Fsp3) is 0.462. The molecule has 0 aliphatic carbocycles. The summed E-state index contributed by atoms with van der Waals surface area (Å²) in [5.74, 6) is -0.286. The van der Waals surface area contributed by atoms with Gasteiger partial charge in [0.15, 0.2) is 0 Å². The summed E-state index contributed by atoms with van der Waals surface area (Å²) in [5.41, 5.74) is 0.934. The average molecular weight is 316 g/mol. The van der Waals surface area contributed by atoms with Gasteiger partial charge in [0, 0.05) is 26.3 Å². The lowest BCUT2D eigenvalue weighted by Crippen LogP contribution is -2.34. The van der Waals surface area contributed by atoms with Gasteiger partial charge in [-0.25, -0.2) is 13.1 Å². The van der Waals surface area contributed by atoms with E-state index in [2.05, 4.69) is 10.0 Å². The maximum Gasteiger partial charge on any atom is 0.240 e. The lowest BCUT2D eigenvalue weighted by atomic mass is 10.2. The smallest absolute Gasteiger partial charge is 0.240 e. The molecule has 0 heterocycles. The largest absolute Gasteiger partial charge is 0.389 e. The number of ether oxygens (including phenoxy) is 1. The standard InChI is InChI=1S/C13H20N2O5S/c1-9-4-5-11(15-10(2)16)6-13(9)21(18,19)14-7-12(17)8-20-3/h4-6,12,14,17H,7-8H2,1-3H3,(H,15,16). The van der Waals surface area contributed by atoms with Gasteiger partial charge in [0.25, 0.3) is 0 Å². The van der Waals surface area contributed by atoms with E-state index < -0.39 is 16.1 Å². The molecule has 0 bridgehead atoms. The molecule has 0 aliphatic heterocycles. The highest BCUT2D eigenvalue weighted by atomic mass is 32.2. The topological polar surface area (TPSA) is 105 Å². The predicted octanol–water partition coefficient (Wildman–Crippen LogP) is 0.239. The summed E-state index contributed by atoms with van der Waals surface area (Å²) in [6.45, 7) is 2.87. The number of hydrogen-bond donors (Lipinski definition) is 3. The van der Waals surface area contributed by atoms with Crippen LogP contribution >= 0.6 is 0 Å². The van der Waals surface area contributed by atoms with Crippen LogP contribution in [-0.2, 0) is 19.6 Å². The summed E-state index contributed by atoms with van der Waals surface area (Å²) >= 11 is 0. The maximum atomic E-state index is 12.2. The SMILES string of the molecule is COCC(O)CNS(=O)(=O)c1cc(NC(C)=O)ccc1C. The van der Waals surface area contributed by atoms with E-state index in [-0.39, 0.29) is 24.0 Å². The van der Waals surface area contributed by atoms with Crippen LogP contribution < -0.4 is 10.0 Å². The molecule has 118 valence electrons. The third-order valence-corrected chi connectivity index (χ3v) is 4.23. The van der Waals surface area contributed by atoms with Crippen LogP contribution in [0.5, 0.6) is 0 Å². The van der Waals surface area contributed by atoms with E-state index in [1.165, 1.54) is 20.1 Å². The number of hydrogen-bond acceptors (Lipinski definition) is 5. The van der Waals surface area contributed by atoms with Crippen LogP contribution in [0.2, 0.25) is 0 Å². The van der Waals surface area contributed by atoms with E-state index in [0.717, 1.165) is 0 Å². The Balaban J connectivity index is 2.93. The molecule has 0 saturated heterocycles. The minimum Gasteiger partial charge on any atom is -0.389 e. The van der Waals surface area contributed by atoms with E-state index in [1.807, 2.05) is 0 Å². The van der Waals surface area contributed by atoms with Crippen molar-refractivity contribution in [2.24, 2.45) is 0 Å². The maximum absolute atomic E-state index is 12.2. The number of rotatable bonds is 7. The van der Waals surface area contributed by atoms with Crippen LogP contribution in [0.4, 0.5) is 5.69 Å². The molecule has 0 fully saturated rings. The Morgan fingerprint density at radius 1 is 1.43 bits per heavy atom. The van der Waals surface area contributed by atoms with Crippen molar-refractivity contribution < 1.29 is 23.1 Å². The molecule has 21 heavy (non-hydrogen) atoms. The summed E-state index contributed by atoms with van der Waals surface area (Å²) in [4.78, 5) is 11.1. The second kappa shape index (κ2) is 7.51. The molecule has 0 aliphatic rings. The van der Waals surface area contributed by atoms with Crippen LogP contribution in [0.25, 0.3) is 0 Å². The third kappa shape index (κ3) is 5.43. The number of carbonyl (C=O) groups excluding carboxylic acids is 1. The van der Waals surface area contributed by atoms with Crippen molar-refractivity contribution in [1.29, 1.82) is 0 Å². The fourth-order valence-corrected chi connectivity index (χ4v) is 3.05. The Bertz CT molecular complexity index is 601. The van der Waals surface area contributed by atoms with Crippen molar-refractivity contribution in [2.75, 3.05) is 25.6 Å². The molecular formula is C13H20N2O5S. The van der Waals surface area contributed by atoms with Crippen molar-refractivity contribution in [2.45, 2.75) is 24.8 Å². The predicted molar refractivity (Wildman–Crippen MR) is 78.6 cm³/mol. The first-order valence-corrected chi connectivity index (χ1v) is 7.79. The second-order valence-electron chi connectivity index (χ2n) is 4.62. The van der Waals surface area contributed by atoms with Gasteiger partial charge in [-0.2, -0.15) is 0 Å². The summed E-state index contributed by atoms with van der Waals surface area (Å²) in [6, 6.07) is 4.60. The van der Waals surface area contributed by atoms with Crippen molar-refractivity contribution in [3.8, 4) is 0 Å². The monoisotopic (exact) mass is 316 g/mol. The number of benzene rings is 1. The number of aryl methyl sites for hydroxylation is 1. The first-order valence-electron chi connectivity index (χ1n) is 6.31. The van der Waals surface area contributed by atoms with Crippen molar-refractivity contribution >= 4 is 21.6 Å². The molecular weight excluding hydrogens is 296 g/mol. The van der Waals surface area contributed by atoms with Gasteiger partial charge in [-0.05, 0) is 24.6 Å². The highest BCUT2D eigenvalue weighted by molar-refractivity contribution is 7.89. The van der Waals surface area contributed by atoms with E-state index in [0.29, 0.717) is 11.3 Å². The van der Waals surface area contributed by atoms with Crippen molar-refractivity contribution in [3.05, 3.63) is 23.8 Å². The Kier molecular flexibility index (Phi) is 6.28. The number of aliphatic hydroxyl groups is 1. The van der Waals surface area contributed by atoms with Gasteiger partial charge in [0.2, 0.25) is 15.9 Å². The first-order chi connectivity index (χ1) is 9.76. The van der Waals surface area contributed by atoms with Gasteiger partial charge in [-0.1, -0.05) is 6.07 Å². The molecule has 7 nitrogen and oxygen atoms in total. The summed E-state index contributed by atoms with van der Waals surface area (Å²) in [6.07, 6.45) is -0.927. The van der Waals surface area contributed by atoms with Gasteiger partial charge in [0.05, 0.1) is 17.6 Å². The Hall–Kier alpha value is -1.48. The molecule has 1 amide bonds. The van der Waals surface area contributed by atoms with Gasteiger partial charge in [0.1, 0.15) is 0 Å². The number of nitrogens with one attached hydrogen (secondary N) is 2. The van der Waals surface area contributed by atoms with Crippen molar-refractivity contribution in [1.82, 2.24) is 4.72 Å². The van der Waals surface area contributed by atoms with Gasteiger partial charge >= 0.3 is 0 Å². The molecule has 1 aromatic carbocycles. The Morgan fingerprint density at radius 3 is 2.67 bits per heavy atom. The number of anilines is 1. The number of amides is 1. The van der Waals surface area contributed by atoms with E-state index in [1.54, 1.807) is 19.1 Å². The van der Waals surface area contributed by atoms with Crippen LogP contribution in [0.15, 0.2) is 23.1 Å². The number of carbonyl (C=O) groups is 1. The minimum absolute atomic E-state index is 0.0352. The van der Waals surface area contributed by atoms with Crippen LogP contribution in [-0.4, -0.2) is 45.8 Å². The third-order valence-electron chi connectivity index (χ3n) is 2.67. The molecule has 0 spiro atoms. The Labute approximate surface area is 124 Å². The number of methoxy groups -OCH3 is 1. The molecule has 0 saturated carbocycles. The molecule has 1 aromatic rings. The Morgan fingerprint density at radius 2 is 2.10 bits per heavy atom. The molecule has 8 heteroatoms. The van der Waals surface area contributed by atoms with Crippen LogP contribution in [0.1, 0.15) is 12.5 Å². The minimum atomic E-state index is -3.78. The highest BCUT2D eigenvalue weighted by Gasteiger charge is 2.19. The molecule has 1 unspecified atom stereocenters. The zero-order valence-electron chi connectivity index (χ0n) is 12.2. The zero-order chi connectivity index (χ0) is 16.0. The van der Waals surface area contributed by atoms with E-state index in [9.17, 15) is 18.3 Å². The first kappa shape index (κ1) is 17.6. The average Bonchev–Trinajstić information content (AvgIpc) is 2.38.